The topological polar surface area (TPSA) is 68.0 Å². The molecule has 1 atom stereocenters. The van der Waals surface area contributed by atoms with E-state index in [1.165, 1.54) is 12.4 Å². The van der Waals surface area contributed by atoms with Crippen molar-refractivity contribution in [2.24, 2.45) is 0 Å². The molecule has 2 aromatic rings. The van der Waals surface area contributed by atoms with Gasteiger partial charge in [-0.25, -0.2) is 0 Å². The normalized spacial score (nSPS) is 11.9. The van der Waals surface area contributed by atoms with Crippen molar-refractivity contribution in [2.75, 3.05) is 5.73 Å². The number of anilines is 1. The first kappa shape index (κ1) is 13.4. The van der Waals surface area contributed by atoms with E-state index < -0.39 is 0 Å². The van der Waals surface area contributed by atoms with Crippen LogP contribution in [0.4, 0.5) is 5.69 Å². The summed E-state index contributed by atoms with van der Waals surface area (Å²) in [6.07, 6.45) is 2.99. The lowest BCUT2D eigenvalue weighted by molar-refractivity contribution is 0.0940. The molecule has 3 N–H and O–H groups in total. The van der Waals surface area contributed by atoms with E-state index in [-0.39, 0.29) is 11.9 Å². The van der Waals surface area contributed by atoms with Crippen LogP contribution in [0, 0.1) is 0 Å². The van der Waals surface area contributed by atoms with Crippen molar-refractivity contribution < 1.29 is 4.79 Å². The molecule has 98 valence electrons. The zero-order valence-electron chi connectivity index (χ0n) is 10.4. The molecule has 0 saturated heterocycles. The lowest BCUT2D eigenvalue weighted by Gasteiger charge is -2.15. The third-order valence-corrected chi connectivity index (χ3v) is 3.03. The molecule has 0 radical (unpaired) electrons. The van der Waals surface area contributed by atoms with Gasteiger partial charge in [-0.1, -0.05) is 23.7 Å². The number of hydrogen-bond acceptors (Lipinski definition) is 3. The van der Waals surface area contributed by atoms with Crippen LogP contribution >= 0.6 is 11.6 Å². The second-order valence-corrected chi connectivity index (χ2v) is 4.65. The van der Waals surface area contributed by atoms with Crippen LogP contribution in [-0.4, -0.2) is 10.9 Å². The Morgan fingerprint density at radius 1 is 1.42 bits per heavy atom. The Morgan fingerprint density at radius 3 is 2.89 bits per heavy atom. The molecule has 0 aliphatic rings. The Hall–Kier alpha value is -2.07. The number of nitrogens with one attached hydrogen (secondary N) is 1. The van der Waals surface area contributed by atoms with Gasteiger partial charge in [0.05, 0.1) is 23.5 Å². The molecule has 19 heavy (non-hydrogen) atoms. The first-order valence-electron chi connectivity index (χ1n) is 5.83. The van der Waals surface area contributed by atoms with Gasteiger partial charge in [-0.05, 0) is 30.7 Å². The van der Waals surface area contributed by atoms with Crippen molar-refractivity contribution in [3.8, 4) is 0 Å². The van der Waals surface area contributed by atoms with Gasteiger partial charge in [-0.2, -0.15) is 0 Å². The minimum absolute atomic E-state index is 0.154. The molecule has 2 rings (SSSR count). The van der Waals surface area contributed by atoms with Crippen molar-refractivity contribution in [3.63, 3.8) is 0 Å². The highest BCUT2D eigenvalue weighted by Crippen LogP contribution is 2.18. The Bertz CT molecular complexity index is 601. The van der Waals surface area contributed by atoms with Gasteiger partial charge in [-0.15, -0.1) is 0 Å². The van der Waals surface area contributed by atoms with Crippen LogP contribution in [0.3, 0.4) is 0 Å². The standard InChI is InChI=1S/C14H14ClN3O/c1-9(10-3-2-4-11(15)7-10)18-14(19)12-5-6-17-8-13(12)16/h2-9H,16H2,1H3,(H,18,19). The molecule has 4 nitrogen and oxygen atoms in total. The number of pyridine rings is 1. The molecule has 0 aliphatic carbocycles. The maximum Gasteiger partial charge on any atom is 0.253 e. The van der Waals surface area contributed by atoms with E-state index in [1.807, 2.05) is 25.1 Å². The number of aromatic nitrogens is 1. The zero-order valence-corrected chi connectivity index (χ0v) is 11.2. The van der Waals surface area contributed by atoms with Gasteiger partial charge in [-0.3, -0.25) is 9.78 Å². The van der Waals surface area contributed by atoms with Crippen molar-refractivity contribution in [1.29, 1.82) is 0 Å². The molecule has 0 fully saturated rings. The van der Waals surface area contributed by atoms with Crippen LogP contribution in [0.25, 0.3) is 0 Å². The minimum Gasteiger partial charge on any atom is -0.397 e. The number of rotatable bonds is 3. The SMILES string of the molecule is CC(NC(=O)c1ccncc1N)c1cccc(Cl)c1. The van der Waals surface area contributed by atoms with Gasteiger partial charge in [0.15, 0.2) is 0 Å². The van der Waals surface area contributed by atoms with Crippen molar-refractivity contribution in [1.82, 2.24) is 10.3 Å². The van der Waals surface area contributed by atoms with Gasteiger partial charge >= 0.3 is 0 Å². The average molecular weight is 276 g/mol. The molecule has 0 aliphatic heterocycles. The fraction of sp³-hybridized carbons (Fsp3) is 0.143. The van der Waals surface area contributed by atoms with Crippen LogP contribution in [0.1, 0.15) is 28.9 Å². The maximum atomic E-state index is 12.1. The summed E-state index contributed by atoms with van der Waals surface area (Å²) in [6.45, 7) is 1.89. The molecule has 0 spiro atoms. The van der Waals surface area contributed by atoms with E-state index in [4.69, 9.17) is 17.3 Å². The van der Waals surface area contributed by atoms with E-state index in [9.17, 15) is 4.79 Å². The molecule has 5 heteroatoms. The summed E-state index contributed by atoms with van der Waals surface area (Å²) in [6, 6.07) is 8.81. The summed E-state index contributed by atoms with van der Waals surface area (Å²) in [4.78, 5) is 15.9. The van der Waals surface area contributed by atoms with Gasteiger partial charge in [0.2, 0.25) is 0 Å². The number of benzene rings is 1. The third-order valence-electron chi connectivity index (χ3n) is 2.79. The number of halogens is 1. The van der Waals surface area contributed by atoms with Crippen LogP contribution in [0.2, 0.25) is 5.02 Å². The quantitative estimate of drug-likeness (QED) is 0.905. The number of carbonyl (C=O) groups excluding carboxylic acids is 1. The average Bonchev–Trinajstić information content (AvgIpc) is 2.39. The fourth-order valence-corrected chi connectivity index (χ4v) is 1.95. The van der Waals surface area contributed by atoms with Crippen LogP contribution in [-0.2, 0) is 0 Å². The number of nitrogen functional groups attached to an aromatic ring is 1. The summed E-state index contributed by atoms with van der Waals surface area (Å²) in [7, 11) is 0. The van der Waals surface area contributed by atoms with E-state index in [0.717, 1.165) is 5.56 Å². The molecule has 1 amide bonds. The predicted octanol–water partition coefficient (Wildman–Crippen LogP) is 2.81. The fourth-order valence-electron chi connectivity index (χ4n) is 1.75. The first-order chi connectivity index (χ1) is 9.08. The smallest absolute Gasteiger partial charge is 0.253 e. The van der Waals surface area contributed by atoms with Crippen LogP contribution < -0.4 is 11.1 Å². The Kier molecular flexibility index (Phi) is 4.02. The van der Waals surface area contributed by atoms with Gasteiger partial charge in [0.25, 0.3) is 5.91 Å². The highest BCUT2D eigenvalue weighted by Gasteiger charge is 2.13. The molecule has 1 aromatic heterocycles. The van der Waals surface area contributed by atoms with Crippen LogP contribution in [0.15, 0.2) is 42.7 Å². The molecule has 0 bridgehead atoms. The van der Waals surface area contributed by atoms with E-state index in [1.54, 1.807) is 12.1 Å². The molecule has 1 heterocycles. The molecule has 1 unspecified atom stereocenters. The Balaban J connectivity index is 2.13. The third kappa shape index (κ3) is 3.23. The number of hydrogen-bond donors (Lipinski definition) is 2. The van der Waals surface area contributed by atoms with Crippen molar-refractivity contribution in [2.45, 2.75) is 13.0 Å². The second kappa shape index (κ2) is 5.71. The molecule has 1 aromatic carbocycles. The molecular formula is C14H14ClN3O. The highest BCUT2D eigenvalue weighted by molar-refractivity contribution is 6.30. The lowest BCUT2D eigenvalue weighted by atomic mass is 10.1. The van der Waals surface area contributed by atoms with E-state index in [0.29, 0.717) is 16.3 Å². The predicted molar refractivity (Wildman–Crippen MR) is 76.0 cm³/mol. The van der Waals surface area contributed by atoms with Crippen LogP contribution in [0.5, 0.6) is 0 Å². The number of carbonyl (C=O) groups is 1. The largest absolute Gasteiger partial charge is 0.397 e. The molecule has 0 saturated carbocycles. The van der Waals surface area contributed by atoms with Crippen molar-refractivity contribution in [3.05, 3.63) is 58.9 Å². The molecular weight excluding hydrogens is 262 g/mol. The number of amides is 1. The second-order valence-electron chi connectivity index (χ2n) is 4.21. The monoisotopic (exact) mass is 275 g/mol. The number of nitrogens with two attached hydrogens (primary N) is 1. The zero-order chi connectivity index (χ0) is 13.8. The van der Waals surface area contributed by atoms with Gasteiger partial charge < -0.3 is 11.1 Å². The minimum atomic E-state index is -0.229. The summed E-state index contributed by atoms with van der Waals surface area (Å²) in [5, 5.41) is 3.52. The van der Waals surface area contributed by atoms with E-state index in [2.05, 4.69) is 10.3 Å². The Labute approximate surface area is 116 Å². The van der Waals surface area contributed by atoms with Crippen molar-refractivity contribution >= 4 is 23.2 Å². The Morgan fingerprint density at radius 2 is 2.21 bits per heavy atom. The van der Waals surface area contributed by atoms with Gasteiger partial charge in [0, 0.05) is 11.2 Å². The maximum absolute atomic E-state index is 12.1. The number of nitrogens with zero attached hydrogens (tertiary/aromatic N) is 1. The summed E-state index contributed by atoms with van der Waals surface area (Å²) < 4.78 is 0. The summed E-state index contributed by atoms with van der Waals surface area (Å²) in [5.74, 6) is -0.229. The van der Waals surface area contributed by atoms with E-state index >= 15 is 0 Å². The summed E-state index contributed by atoms with van der Waals surface area (Å²) in [5.41, 5.74) is 7.43. The first-order valence-corrected chi connectivity index (χ1v) is 6.21. The lowest BCUT2D eigenvalue weighted by Crippen LogP contribution is -2.27. The van der Waals surface area contributed by atoms with Gasteiger partial charge in [0.1, 0.15) is 0 Å². The summed E-state index contributed by atoms with van der Waals surface area (Å²) >= 11 is 5.93. The highest BCUT2D eigenvalue weighted by atomic mass is 35.5.